The van der Waals surface area contributed by atoms with Crippen molar-refractivity contribution in [2.24, 2.45) is 5.92 Å². The molecule has 2 aromatic rings. The molecule has 1 fully saturated rings. The highest BCUT2D eigenvalue weighted by molar-refractivity contribution is 5.78. The van der Waals surface area contributed by atoms with E-state index in [0.29, 0.717) is 5.92 Å². The van der Waals surface area contributed by atoms with E-state index in [2.05, 4.69) is 10.7 Å². The van der Waals surface area contributed by atoms with E-state index in [9.17, 15) is 4.79 Å². The van der Waals surface area contributed by atoms with Crippen molar-refractivity contribution in [1.29, 1.82) is 0 Å². The summed E-state index contributed by atoms with van der Waals surface area (Å²) in [6, 6.07) is 11.5. The number of para-hydroxylation sites is 1. The second-order valence-corrected chi connectivity index (χ2v) is 5.12. The molecule has 1 aromatic carbocycles. The molecule has 0 saturated carbocycles. The standard InChI is InChI=1S/C15H19N3O/c19-15-6-5-13-3-1-2-4-14(13)18(15)17-11-12-7-9-16-10-8-12/h1-6,12,16-17H,7-11H2. The van der Waals surface area contributed by atoms with Crippen LogP contribution in [0.2, 0.25) is 0 Å². The summed E-state index contributed by atoms with van der Waals surface area (Å²) in [5.41, 5.74) is 4.26. The molecule has 4 nitrogen and oxygen atoms in total. The van der Waals surface area contributed by atoms with Crippen molar-refractivity contribution in [3.8, 4) is 0 Å². The van der Waals surface area contributed by atoms with Gasteiger partial charge in [0.05, 0.1) is 5.52 Å². The van der Waals surface area contributed by atoms with Crippen LogP contribution in [-0.4, -0.2) is 24.3 Å². The summed E-state index contributed by atoms with van der Waals surface area (Å²) in [6.45, 7) is 3.02. The lowest BCUT2D eigenvalue weighted by Crippen LogP contribution is -2.36. The number of nitrogens with zero attached hydrogens (tertiary/aromatic N) is 1. The van der Waals surface area contributed by atoms with Crippen molar-refractivity contribution in [1.82, 2.24) is 9.99 Å². The molecule has 0 unspecified atom stereocenters. The minimum Gasteiger partial charge on any atom is -0.322 e. The number of benzene rings is 1. The van der Waals surface area contributed by atoms with E-state index in [4.69, 9.17) is 0 Å². The fourth-order valence-corrected chi connectivity index (χ4v) is 2.66. The predicted molar refractivity (Wildman–Crippen MR) is 78.0 cm³/mol. The van der Waals surface area contributed by atoms with Gasteiger partial charge in [-0.25, -0.2) is 4.68 Å². The van der Waals surface area contributed by atoms with Crippen LogP contribution in [0.3, 0.4) is 0 Å². The summed E-state index contributed by atoms with van der Waals surface area (Å²) in [5, 5.41) is 4.44. The van der Waals surface area contributed by atoms with Crippen molar-refractivity contribution >= 4 is 10.9 Å². The third-order valence-corrected chi connectivity index (χ3v) is 3.80. The Balaban J connectivity index is 1.83. The normalized spacial score (nSPS) is 16.6. The van der Waals surface area contributed by atoms with Gasteiger partial charge in [-0.1, -0.05) is 18.2 Å². The predicted octanol–water partition coefficient (Wildman–Crippen LogP) is 1.54. The first-order chi connectivity index (χ1) is 9.34. The molecule has 19 heavy (non-hydrogen) atoms. The van der Waals surface area contributed by atoms with Crippen molar-refractivity contribution in [2.45, 2.75) is 12.8 Å². The SMILES string of the molecule is O=c1ccc2ccccc2n1NCC1CCNCC1. The summed E-state index contributed by atoms with van der Waals surface area (Å²) in [4.78, 5) is 12.0. The van der Waals surface area contributed by atoms with Gasteiger partial charge in [0.2, 0.25) is 0 Å². The van der Waals surface area contributed by atoms with Crippen LogP contribution >= 0.6 is 0 Å². The van der Waals surface area contributed by atoms with Gasteiger partial charge in [-0.05, 0) is 44.0 Å². The largest absolute Gasteiger partial charge is 0.322 e. The first-order valence-corrected chi connectivity index (χ1v) is 6.90. The second-order valence-electron chi connectivity index (χ2n) is 5.12. The third-order valence-electron chi connectivity index (χ3n) is 3.80. The smallest absolute Gasteiger partial charge is 0.269 e. The number of aromatic nitrogens is 1. The summed E-state index contributed by atoms with van der Waals surface area (Å²) in [6.07, 6.45) is 2.35. The van der Waals surface area contributed by atoms with Gasteiger partial charge < -0.3 is 10.7 Å². The summed E-state index contributed by atoms with van der Waals surface area (Å²) in [7, 11) is 0. The molecule has 2 N–H and O–H groups in total. The minimum absolute atomic E-state index is 0.00707. The molecule has 1 aliphatic heterocycles. The molecular weight excluding hydrogens is 238 g/mol. The van der Waals surface area contributed by atoms with E-state index in [1.54, 1.807) is 10.7 Å². The van der Waals surface area contributed by atoms with Crippen molar-refractivity contribution in [3.05, 3.63) is 46.8 Å². The lowest BCUT2D eigenvalue weighted by atomic mass is 9.99. The average Bonchev–Trinajstić information content (AvgIpc) is 2.47. The Hall–Kier alpha value is -1.81. The average molecular weight is 257 g/mol. The van der Waals surface area contributed by atoms with Crippen LogP contribution in [0.25, 0.3) is 10.9 Å². The first-order valence-electron chi connectivity index (χ1n) is 6.90. The molecule has 3 rings (SSSR count). The Morgan fingerprint density at radius 2 is 1.95 bits per heavy atom. The quantitative estimate of drug-likeness (QED) is 0.877. The summed E-state index contributed by atoms with van der Waals surface area (Å²) < 4.78 is 1.68. The zero-order chi connectivity index (χ0) is 13.1. The molecule has 0 amide bonds. The van der Waals surface area contributed by atoms with Crippen molar-refractivity contribution in [3.63, 3.8) is 0 Å². The minimum atomic E-state index is 0.00707. The molecule has 0 radical (unpaired) electrons. The van der Waals surface area contributed by atoms with Crippen LogP contribution in [0.1, 0.15) is 12.8 Å². The molecule has 1 aliphatic rings. The number of piperidine rings is 1. The Labute approximate surface area is 112 Å². The monoisotopic (exact) mass is 257 g/mol. The van der Waals surface area contributed by atoms with Gasteiger partial charge in [0, 0.05) is 18.0 Å². The fraction of sp³-hybridized carbons (Fsp3) is 0.400. The van der Waals surface area contributed by atoms with Gasteiger partial charge in [-0.15, -0.1) is 0 Å². The summed E-state index contributed by atoms with van der Waals surface area (Å²) >= 11 is 0. The van der Waals surface area contributed by atoms with E-state index < -0.39 is 0 Å². The van der Waals surface area contributed by atoms with E-state index in [1.165, 1.54) is 12.8 Å². The molecular formula is C15H19N3O. The van der Waals surface area contributed by atoms with Crippen molar-refractivity contribution < 1.29 is 0 Å². The van der Waals surface area contributed by atoms with Crippen LogP contribution in [0.4, 0.5) is 0 Å². The zero-order valence-electron chi connectivity index (χ0n) is 10.9. The van der Waals surface area contributed by atoms with E-state index in [-0.39, 0.29) is 5.56 Å². The number of fused-ring (bicyclic) bond motifs is 1. The Morgan fingerprint density at radius 1 is 1.16 bits per heavy atom. The fourth-order valence-electron chi connectivity index (χ4n) is 2.66. The number of rotatable bonds is 3. The molecule has 0 bridgehead atoms. The second kappa shape index (κ2) is 5.45. The summed E-state index contributed by atoms with van der Waals surface area (Å²) in [5.74, 6) is 0.645. The van der Waals surface area contributed by atoms with Gasteiger partial charge in [-0.3, -0.25) is 4.79 Å². The molecule has 1 saturated heterocycles. The maximum atomic E-state index is 12.0. The Kier molecular flexibility index (Phi) is 3.51. The molecule has 100 valence electrons. The highest BCUT2D eigenvalue weighted by atomic mass is 16.1. The lowest BCUT2D eigenvalue weighted by Gasteiger charge is -2.24. The first kappa shape index (κ1) is 12.2. The lowest BCUT2D eigenvalue weighted by molar-refractivity contribution is 0.382. The highest BCUT2D eigenvalue weighted by Gasteiger charge is 2.13. The van der Waals surface area contributed by atoms with Gasteiger partial charge in [0.15, 0.2) is 0 Å². The maximum absolute atomic E-state index is 12.0. The third kappa shape index (κ3) is 2.63. The van der Waals surface area contributed by atoms with E-state index in [0.717, 1.165) is 30.5 Å². The number of pyridine rings is 1. The topological polar surface area (TPSA) is 46.1 Å². The Bertz CT molecular complexity index is 614. The molecule has 4 heteroatoms. The maximum Gasteiger partial charge on any atom is 0.269 e. The van der Waals surface area contributed by atoms with E-state index in [1.807, 2.05) is 30.3 Å². The van der Waals surface area contributed by atoms with Crippen LogP contribution in [-0.2, 0) is 0 Å². The van der Waals surface area contributed by atoms with Crippen LogP contribution in [0, 0.1) is 5.92 Å². The number of hydrogen-bond acceptors (Lipinski definition) is 3. The van der Waals surface area contributed by atoms with Gasteiger partial charge in [-0.2, -0.15) is 0 Å². The van der Waals surface area contributed by atoms with E-state index >= 15 is 0 Å². The van der Waals surface area contributed by atoms with Gasteiger partial charge in [0.25, 0.3) is 5.56 Å². The molecule has 0 spiro atoms. The highest BCUT2D eigenvalue weighted by Crippen LogP contribution is 2.12. The molecule has 1 aromatic heterocycles. The van der Waals surface area contributed by atoms with Crippen LogP contribution in [0.15, 0.2) is 41.2 Å². The van der Waals surface area contributed by atoms with Gasteiger partial charge >= 0.3 is 0 Å². The zero-order valence-corrected chi connectivity index (χ0v) is 10.9. The number of nitrogens with one attached hydrogen (secondary N) is 2. The number of hydrogen-bond donors (Lipinski definition) is 2. The Morgan fingerprint density at radius 3 is 2.79 bits per heavy atom. The van der Waals surface area contributed by atoms with Crippen LogP contribution < -0.4 is 16.3 Å². The van der Waals surface area contributed by atoms with Crippen LogP contribution in [0.5, 0.6) is 0 Å². The molecule has 0 aliphatic carbocycles. The van der Waals surface area contributed by atoms with Crippen molar-refractivity contribution in [2.75, 3.05) is 25.1 Å². The molecule has 2 heterocycles. The van der Waals surface area contributed by atoms with Gasteiger partial charge in [0.1, 0.15) is 0 Å². The molecule has 0 atom stereocenters.